The zero-order valence-corrected chi connectivity index (χ0v) is 23.5. The summed E-state index contributed by atoms with van der Waals surface area (Å²) in [6.07, 6.45) is 14.6. The third kappa shape index (κ3) is 6.40. The Morgan fingerprint density at radius 1 is 0.875 bits per heavy atom. The number of nitrogens with one attached hydrogen (secondary N) is 2. The van der Waals surface area contributed by atoms with Crippen LogP contribution in [-0.2, 0) is 4.79 Å². The lowest BCUT2D eigenvalue weighted by molar-refractivity contribution is -0.123. The highest BCUT2D eigenvalue weighted by atomic mass is 16.2. The fraction of sp³-hybridized carbons (Fsp3) is 0.613. The minimum Gasteiger partial charge on any atom is -0.364 e. The molecule has 4 aliphatic rings. The van der Waals surface area contributed by atoms with Crippen LogP contribution >= 0.6 is 0 Å². The van der Waals surface area contributed by atoms with Crippen molar-refractivity contribution < 1.29 is 9.59 Å². The first-order valence-electron chi connectivity index (χ1n) is 15.4. The van der Waals surface area contributed by atoms with E-state index in [9.17, 15) is 9.59 Å². The van der Waals surface area contributed by atoms with Crippen molar-refractivity contribution in [3.63, 3.8) is 0 Å². The topological polar surface area (TPSA) is 116 Å². The number of carbonyl (C=O) groups excluding carboxylic acids is 2. The maximum Gasteiger partial charge on any atom is 0.271 e. The van der Waals surface area contributed by atoms with E-state index in [0.717, 1.165) is 50.4 Å². The van der Waals surface area contributed by atoms with E-state index in [4.69, 9.17) is 10.7 Å². The van der Waals surface area contributed by atoms with Gasteiger partial charge in [-0.15, -0.1) is 0 Å². The molecule has 9 nitrogen and oxygen atoms in total. The first-order valence-corrected chi connectivity index (χ1v) is 15.4. The normalized spacial score (nSPS) is 23.1. The van der Waals surface area contributed by atoms with Gasteiger partial charge in [-0.3, -0.25) is 9.59 Å². The van der Waals surface area contributed by atoms with Crippen LogP contribution in [-0.4, -0.2) is 64.9 Å². The van der Waals surface area contributed by atoms with Crippen molar-refractivity contribution in [2.75, 3.05) is 36.4 Å². The number of nitrogens with zero attached hydrogens (tertiary/aromatic N) is 4. The van der Waals surface area contributed by atoms with Crippen molar-refractivity contribution in [2.45, 2.75) is 88.6 Å². The number of aromatic nitrogens is 2. The summed E-state index contributed by atoms with van der Waals surface area (Å²) in [6.45, 7) is 3.90. The lowest BCUT2D eigenvalue weighted by Crippen LogP contribution is -2.43. The molecule has 1 aromatic carbocycles. The summed E-state index contributed by atoms with van der Waals surface area (Å²) in [7, 11) is 0. The van der Waals surface area contributed by atoms with E-state index in [2.05, 4.69) is 49.7 Å². The molecule has 4 fully saturated rings. The molecule has 2 aromatic rings. The highest BCUT2D eigenvalue weighted by molar-refractivity contribution is 5.96. The molecule has 1 aromatic heterocycles. The largest absolute Gasteiger partial charge is 0.364 e. The number of hydrogen-bond donors (Lipinski definition) is 3. The van der Waals surface area contributed by atoms with Crippen LogP contribution in [0.3, 0.4) is 0 Å². The van der Waals surface area contributed by atoms with Gasteiger partial charge in [0.1, 0.15) is 5.82 Å². The van der Waals surface area contributed by atoms with Gasteiger partial charge in [0.15, 0.2) is 11.5 Å². The Bertz CT molecular complexity index is 1180. The second kappa shape index (κ2) is 12.1. The van der Waals surface area contributed by atoms with Gasteiger partial charge >= 0.3 is 0 Å². The van der Waals surface area contributed by atoms with E-state index in [-0.39, 0.29) is 23.6 Å². The minimum absolute atomic E-state index is 0.0854. The average molecular weight is 546 g/mol. The van der Waals surface area contributed by atoms with Gasteiger partial charge in [-0.2, -0.15) is 0 Å². The Kier molecular flexibility index (Phi) is 8.18. The fourth-order valence-electron chi connectivity index (χ4n) is 6.77. The number of anilines is 3. The number of hydrogen-bond acceptors (Lipinski definition) is 7. The van der Waals surface area contributed by atoms with Crippen molar-refractivity contribution >= 4 is 29.1 Å². The highest BCUT2D eigenvalue weighted by Gasteiger charge is 2.32. The number of rotatable bonds is 8. The van der Waals surface area contributed by atoms with Gasteiger partial charge in [-0.25, -0.2) is 9.97 Å². The van der Waals surface area contributed by atoms with Gasteiger partial charge in [0.2, 0.25) is 5.91 Å². The monoisotopic (exact) mass is 545 g/mol. The summed E-state index contributed by atoms with van der Waals surface area (Å²) < 4.78 is 0. The molecule has 214 valence electrons. The summed E-state index contributed by atoms with van der Waals surface area (Å²) in [4.78, 5) is 38.7. The molecule has 4 N–H and O–H groups in total. The molecule has 2 amide bonds. The number of likely N-dealkylation sites (tertiary alicyclic amines) is 1. The number of piperidine rings is 1. The molecule has 1 unspecified atom stereocenters. The number of carbonyl (C=O) groups is 2. The third-order valence-corrected chi connectivity index (χ3v) is 9.30. The predicted molar refractivity (Wildman–Crippen MR) is 157 cm³/mol. The lowest BCUT2D eigenvalue weighted by atomic mass is 9.88. The van der Waals surface area contributed by atoms with Crippen molar-refractivity contribution in [3.05, 3.63) is 41.7 Å². The van der Waals surface area contributed by atoms with E-state index in [0.29, 0.717) is 24.1 Å². The van der Waals surface area contributed by atoms with Crippen molar-refractivity contribution in [2.24, 2.45) is 11.7 Å². The van der Waals surface area contributed by atoms with E-state index in [1.165, 1.54) is 57.2 Å². The Morgan fingerprint density at radius 3 is 2.30 bits per heavy atom. The summed E-state index contributed by atoms with van der Waals surface area (Å²) in [6, 6.07) is 9.41. The van der Waals surface area contributed by atoms with Crippen LogP contribution < -0.4 is 21.3 Å². The number of benzene rings is 1. The van der Waals surface area contributed by atoms with Gasteiger partial charge in [-0.1, -0.05) is 25.0 Å². The van der Waals surface area contributed by atoms with Gasteiger partial charge < -0.3 is 26.2 Å². The zero-order valence-electron chi connectivity index (χ0n) is 23.5. The Balaban J connectivity index is 1.12. The van der Waals surface area contributed by atoms with E-state index < -0.39 is 5.91 Å². The molecule has 6 rings (SSSR count). The van der Waals surface area contributed by atoms with Crippen LogP contribution in [0.2, 0.25) is 0 Å². The van der Waals surface area contributed by atoms with Crippen LogP contribution in [0.4, 0.5) is 17.3 Å². The van der Waals surface area contributed by atoms with Gasteiger partial charge in [0.05, 0.1) is 6.20 Å². The smallest absolute Gasteiger partial charge is 0.271 e. The molecule has 1 atom stereocenters. The highest BCUT2D eigenvalue weighted by Crippen LogP contribution is 2.33. The Morgan fingerprint density at radius 2 is 1.60 bits per heavy atom. The first kappa shape index (κ1) is 27.0. The molecule has 2 aliphatic carbocycles. The molecule has 3 heterocycles. The fourth-order valence-corrected chi connectivity index (χ4v) is 6.77. The van der Waals surface area contributed by atoms with Crippen LogP contribution in [0.5, 0.6) is 0 Å². The molecule has 0 bridgehead atoms. The molecule has 9 heteroatoms. The maximum absolute atomic E-state index is 12.4. The summed E-state index contributed by atoms with van der Waals surface area (Å²) in [5, 5.41) is 6.54. The molecular formula is C31H43N7O2. The predicted octanol–water partition coefficient (Wildman–Crippen LogP) is 4.33. The molecule has 2 saturated heterocycles. The van der Waals surface area contributed by atoms with Gasteiger partial charge in [0, 0.05) is 36.8 Å². The Labute approximate surface area is 237 Å². The second-order valence-corrected chi connectivity index (χ2v) is 12.2. The van der Waals surface area contributed by atoms with E-state index >= 15 is 0 Å². The Hall–Kier alpha value is -3.20. The molecule has 40 heavy (non-hydrogen) atoms. The number of amides is 2. The van der Waals surface area contributed by atoms with Crippen LogP contribution in [0.15, 0.2) is 30.5 Å². The second-order valence-electron chi connectivity index (χ2n) is 12.2. The van der Waals surface area contributed by atoms with E-state index in [1.807, 2.05) is 0 Å². The van der Waals surface area contributed by atoms with Gasteiger partial charge in [-0.05, 0) is 94.5 Å². The number of nitrogens with two attached hydrogens (primary N) is 1. The van der Waals surface area contributed by atoms with Crippen LogP contribution in [0.1, 0.15) is 92.6 Å². The molecule has 0 spiro atoms. The number of primary amides is 1. The van der Waals surface area contributed by atoms with Crippen LogP contribution in [0.25, 0.3) is 0 Å². The van der Waals surface area contributed by atoms with Crippen molar-refractivity contribution in [3.8, 4) is 0 Å². The quantitative estimate of drug-likeness (QED) is 0.452. The van der Waals surface area contributed by atoms with Crippen LogP contribution in [0, 0.1) is 5.92 Å². The summed E-state index contributed by atoms with van der Waals surface area (Å²) in [5.41, 5.74) is 8.01. The SMILES string of the molecule is NC(=O)c1ncc(N2CCCCC(NC(=O)C3CC3)C2)nc1Nc1ccc(C2CCN(C3CCCC3)CC2)cc1. The molecular weight excluding hydrogens is 502 g/mol. The third-order valence-electron chi connectivity index (χ3n) is 9.30. The van der Waals surface area contributed by atoms with Crippen molar-refractivity contribution in [1.82, 2.24) is 20.2 Å². The molecule has 2 aliphatic heterocycles. The average Bonchev–Trinajstić information content (AvgIpc) is 3.73. The summed E-state index contributed by atoms with van der Waals surface area (Å²) in [5.74, 6) is 1.40. The maximum atomic E-state index is 12.4. The molecule has 2 saturated carbocycles. The zero-order chi connectivity index (χ0) is 27.5. The van der Waals surface area contributed by atoms with E-state index in [1.54, 1.807) is 6.20 Å². The first-order chi connectivity index (χ1) is 19.5. The standard InChI is InChI=1S/C31H43N7O2/c32-29(39)28-30(36-27(19-33-28)38-16-4-3-5-25(20-38)35-31(40)23-8-9-23)34-24-12-10-21(11-13-24)22-14-17-37(18-15-22)26-6-1-2-7-26/h10-13,19,22-23,25-26H,1-9,14-18,20H2,(H2,32,39)(H,34,36)(H,35,40). The lowest BCUT2D eigenvalue weighted by Gasteiger charge is -2.36. The summed E-state index contributed by atoms with van der Waals surface area (Å²) >= 11 is 0. The minimum atomic E-state index is -0.613. The van der Waals surface area contributed by atoms with Crippen molar-refractivity contribution in [1.29, 1.82) is 0 Å². The van der Waals surface area contributed by atoms with Gasteiger partial charge in [0.25, 0.3) is 5.91 Å². The molecule has 0 radical (unpaired) electrons.